The van der Waals surface area contributed by atoms with E-state index in [1.54, 1.807) is 7.05 Å². The van der Waals surface area contributed by atoms with Crippen LogP contribution in [-0.4, -0.2) is 25.5 Å². The van der Waals surface area contributed by atoms with Crippen LogP contribution in [0.5, 0.6) is 0 Å². The van der Waals surface area contributed by atoms with Crippen molar-refractivity contribution in [2.75, 3.05) is 13.6 Å². The van der Waals surface area contributed by atoms with Gasteiger partial charge in [-0.05, 0) is 18.2 Å². The van der Waals surface area contributed by atoms with Gasteiger partial charge in [0.25, 0.3) is 0 Å². The average Bonchev–Trinajstić information content (AvgIpc) is 2.59. The van der Waals surface area contributed by atoms with E-state index in [0.29, 0.717) is 0 Å². The molecule has 2 rings (SSSR count). The predicted octanol–water partition coefficient (Wildman–Crippen LogP) is 2.37. The van der Waals surface area contributed by atoms with E-state index < -0.39 is 18.1 Å². The lowest BCUT2D eigenvalue weighted by molar-refractivity contribution is -0.149. The fourth-order valence-electron chi connectivity index (χ4n) is 2.53. The molecule has 0 aliphatic carbocycles. The van der Waals surface area contributed by atoms with Crippen molar-refractivity contribution < 1.29 is 14.3 Å². The molecule has 0 heterocycles. The number of carbonyl (C=O) groups excluding carboxylic acids is 2. The molecule has 1 amide bonds. The zero-order valence-electron chi connectivity index (χ0n) is 13.9. The van der Waals surface area contributed by atoms with Crippen molar-refractivity contribution in [3.05, 3.63) is 71.8 Å². The van der Waals surface area contributed by atoms with Gasteiger partial charge in [0.2, 0.25) is 5.91 Å². The molecule has 0 fully saturated rings. The highest BCUT2D eigenvalue weighted by Crippen LogP contribution is 2.32. The van der Waals surface area contributed by atoms with Crippen LogP contribution in [0.25, 0.3) is 0 Å². The third-order valence-corrected chi connectivity index (χ3v) is 3.54. The molecule has 5 nitrogen and oxygen atoms in total. The zero-order valence-corrected chi connectivity index (χ0v) is 13.9. The Hall–Kier alpha value is -2.66. The van der Waals surface area contributed by atoms with Crippen LogP contribution in [0, 0.1) is 0 Å². The molecule has 0 radical (unpaired) electrons. The number of benzene rings is 2. The van der Waals surface area contributed by atoms with Gasteiger partial charge in [-0.2, -0.15) is 0 Å². The van der Waals surface area contributed by atoms with E-state index in [4.69, 9.17) is 4.74 Å². The summed E-state index contributed by atoms with van der Waals surface area (Å²) >= 11 is 0. The van der Waals surface area contributed by atoms with Gasteiger partial charge in [-0.3, -0.25) is 9.59 Å². The van der Waals surface area contributed by atoms with Crippen LogP contribution >= 0.6 is 0 Å². The molecule has 2 aromatic carbocycles. The minimum absolute atomic E-state index is 0.167. The van der Waals surface area contributed by atoms with Crippen LogP contribution in [-0.2, 0) is 14.3 Å². The first kappa shape index (κ1) is 17.7. The molecule has 0 saturated heterocycles. The first-order valence-electron chi connectivity index (χ1n) is 7.83. The fraction of sp³-hybridized carbons (Fsp3) is 0.263. The number of esters is 1. The molecule has 2 N–H and O–H groups in total. The van der Waals surface area contributed by atoms with Crippen molar-refractivity contribution in [2.24, 2.45) is 0 Å². The summed E-state index contributed by atoms with van der Waals surface area (Å²) in [4.78, 5) is 23.8. The van der Waals surface area contributed by atoms with Gasteiger partial charge < -0.3 is 15.4 Å². The number of hydrogen-bond donors (Lipinski definition) is 2. The predicted molar refractivity (Wildman–Crippen MR) is 92.2 cm³/mol. The Balaban J connectivity index is 2.40. The van der Waals surface area contributed by atoms with Crippen molar-refractivity contribution in [1.29, 1.82) is 0 Å². The van der Waals surface area contributed by atoms with Gasteiger partial charge in [0.05, 0.1) is 12.6 Å². The lowest BCUT2D eigenvalue weighted by Crippen LogP contribution is -2.38. The minimum Gasteiger partial charge on any atom is -0.455 e. The molecular weight excluding hydrogens is 304 g/mol. The Bertz CT molecular complexity index is 659. The summed E-state index contributed by atoms with van der Waals surface area (Å²) in [6, 6.07) is 18.4. The van der Waals surface area contributed by atoms with E-state index in [2.05, 4.69) is 10.6 Å². The van der Waals surface area contributed by atoms with Crippen molar-refractivity contribution in [3.63, 3.8) is 0 Å². The van der Waals surface area contributed by atoms with Crippen molar-refractivity contribution >= 4 is 11.9 Å². The summed E-state index contributed by atoms with van der Waals surface area (Å²) in [6.07, 6.45) is -0.605. The van der Waals surface area contributed by atoms with Crippen LogP contribution < -0.4 is 10.6 Å². The monoisotopic (exact) mass is 326 g/mol. The number of carbonyl (C=O) groups is 2. The molecule has 0 spiro atoms. The maximum Gasteiger partial charge on any atom is 0.303 e. The van der Waals surface area contributed by atoms with Crippen LogP contribution in [0.3, 0.4) is 0 Å². The number of nitrogens with one attached hydrogen (secondary N) is 2. The Morgan fingerprint density at radius 1 is 0.958 bits per heavy atom. The van der Waals surface area contributed by atoms with Crippen molar-refractivity contribution in [2.45, 2.75) is 19.1 Å². The molecule has 0 bridgehead atoms. The average molecular weight is 326 g/mol. The van der Waals surface area contributed by atoms with Gasteiger partial charge in [0.15, 0.2) is 6.10 Å². The SMILES string of the molecule is CNCC(=O)NC(c1ccccc1)C(OC(C)=O)c1ccccc1. The minimum atomic E-state index is -0.605. The number of hydrogen-bond acceptors (Lipinski definition) is 4. The quantitative estimate of drug-likeness (QED) is 0.767. The molecule has 126 valence electrons. The second-order valence-electron chi connectivity index (χ2n) is 5.43. The van der Waals surface area contributed by atoms with Crippen LogP contribution in [0.4, 0.5) is 0 Å². The van der Waals surface area contributed by atoms with Gasteiger partial charge in [0.1, 0.15) is 0 Å². The maximum atomic E-state index is 12.1. The molecular formula is C19H22N2O3. The van der Waals surface area contributed by atoms with E-state index >= 15 is 0 Å². The van der Waals surface area contributed by atoms with E-state index in [1.807, 2.05) is 60.7 Å². The highest BCUT2D eigenvalue weighted by molar-refractivity contribution is 5.78. The molecule has 2 unspecified atom stereocenters. The second-order valence-corrected chi connectivity index (χ2v) is 5.43. The number of rotatable bonds is 7. The van der Waals surface area contributed by atoms with Gasteiger partial charge in [-0.25, -0.2) is 0 Å². The maximum absolute atomic E-state index is 12.1. The summed E-state index contributed by atoms with van der Waals surface area (Å²) in [6.45, 7) is 1.55. The van der Waals surface area contributed by atoms with E-state index in [0.717, 1.165) is 11.1 Å². The van der Waals surface area contributed by atoms with Gasteiger partial charge >= 0.3 is 5.97 Å². The summed E-state index contributed by atoms with van der Waals surface area (Å²) in [5, 5.41) is 5.78. The Morgan fingerprint density at radius 3 is 2.00 bits per heavy atom. The van der Waals surface area contributed by atoms with Gasteiger partial charge in [-0.1, -0.05) is 60.7 Å². The molecule has 0 aromatic heterocycles. The molecule has 24 heavy (non-hydrogen) atoms. The smallest absolute Gasteiger partial charge is 0.303 e. The van der Waals surface area contributed by atoms with E-state index in [-0.39, 0.29) is 12.5 Å². The largest absolute Gasteiger partial charge is 0.455 e. The topological polar surface area (TPSA) is 67.4 Å². The molecule has 2 atom stereocenters. The Labute approximate surface area is 142 Å². The molecule has 2 aromatic rings. The summed E-state index contributed by atoms with van der Waals surface area (Å²) in [5.74, 6) is -0.563. The lowest BCUT2D eigenvalue weighted by atomic mass is 9.95. The molecule has 5 heteroatoms. The first-order valence-corrected chi connectivity index (χ1v) is 7.83. The number of amides is 1. The second kappa shape index (κ2) is 8.84. The van der Waals surface area contributed by atoms with E-state index in [1.165, 1.54) is 6.92 Å². The number of ether oxygens (including phenoxy) is 1. The van der Waals surface area contributed by atoms with Crippen molar-refractivity contribution in [3.8, 4) is 0 Å². The fourth-order valence-corrected chi connectivity index (χ4v) is 2.53. The Kier molecular flexibility index (Phi) is 6.51. The van der Waals surface area contributed by atoms with E-state index in [9.17, 15) is 9.59 Å². The third-order valence-electron chi connectivity index (χ3n) is 3.54. The standard InChI is InChI=1S/C19H22N2O3/c1-14(22)24-19(16-11-7-4-8-12-16)18(21-17(23)13-20-2)15-9-5-3-6-10-15/h3-12,18-20H,13H2,1-2H3,(H,21,23). The molecule has 0 aliphatic heterocycles. The highest BCUT2D eigenvalue weighted by atomic mass is 16.5. The van der Waals surface area contributed by atoms with Crippen LogP contribution in [0.15, 0.2) is 60.7 Å². The summed E-state index contributed by atoms with van der Waals surface area (Å²) in [5.41, 5.74) is 1.70. The summed E-state index contributed by atoms with van der Waals surface area (Å²) in [7, 11) is 1.71. The highest BCUT2D eigenvalue weighted by Gasteiger charge is 2.28. The van der Waals surface area contributed by atoms with Crippen LogP contribution in [0.1, 0.15) is 30.2 Å². The molecule has 0 saturated carbocycles. The van der Waals surface area contributed by atoms with Gasteiger partial charge in [-0.15, -0.1) is 0 Å². The lowest BCUT2D eigenvalue weighted by Gasteiger charge is -2.28. The zero-order chi connectivity index (χ0) is 17.4. The van der Waals surface area contributed by atoms with Gasteiger partial charge in [0, 0.05) is 6.92 Å². The Morgan fingerprint density at radius 2 is 1.50 bits per heavy atom. The molecule has 0 aliphatic rings. The number of likely N-dealkylation sites (N-methyl/N-ethyl adjacent to an activating group) is 1. The van der Waals surface area contributed by atoms with Crippen LogP contribution in [0.2, 0.25) is 0 Å². The first-order chi connectivity index (χ1) is 11.6. The summed E-state index contributed by atoms with van der Waals surface area (Å²) < 4.78 is 5.56. The third kappa shape index (κ3) is 4.93. The normalized spacial score (nSPS) is 12.9. The van der Waals surface area contributed by atoms with Crippen molar-refractivity contribution in [1.82, 2.24) is 10.6 Å².